The molecule has 1 aromatic heterocycles. The van der Waals surface area contributed by atoms with Crippen LogP contribution in [-0.2, 0) is 4.79 Å². The Kier molecular flexibility index (Phi) is 4.68. The van der Waals surface area contributed by atoms with E-state index in [0.717, 1.165) is 10.4 Å². The average molecular weight is 418 g/mol. The van der Waals surface area contributed by atoms with E-state index < -0.39 is 5.97 Å². The standard InChI is InChI=1S/C20H13Cl2NO3S/c21-11-7-5-10(6-8-11)16-17-18(27-19(16)20(25)26)13(9-15(24)23-17)12-3-1-2-4-14(12)22/h1-8,13H,9H2,(H,23,24)(H,25,26). The second kappa shape index (κ2) is 7.00. The summed E-state index contributed by atoms with van der Waals surface area (Å²) in [6.45, 7) is 0. The van der Waals surface area contributed by atoms with Crippen LogP contribution in [0.2, 0.25) is 10.0 Å². The Labute approximate surface area is 169 Å². The van der Waals surface area contributed by atoms with Gasteiger partial charge in [0.15, 0.2) is 0 Å². The minimum Gasteiger partial charge on any atom is -0.477 e. The van der Waals surface area contributed by atoms with Gasteiger partial charge >= 0.3 is 5.97 Å². The molecule has 4 nitrogen and oxygen atoms in total. The van der Waals surface area contributed by atoms with Crippen molar-refractivity contribution < 1.29 is 14.7 Å². The molecule has 1 aliphatic rings. The zero-order valence-electron chi connectivity index (χ0n) is 13.8. The Hall–Kier alpha value is -2.34. The van der Waals surface area contributed by atoms with E-state index >= 15 is 0 Å². The monoisotopic (exact) mass is 417 g/mol. The minimum atomic E-state index is -1.04. The molecule has 0 saturated carbocycles. The maximum Gasteiger partial charge on any atom is 0.346 e. The highest BCUT2D eigenvalue weighted by Gasteiger charge is 2.35. The summed E-state index contributed by atoms with van der Waals surface area (Å²) < 4.78 is 0. The molecule has 7 heteroatoms. The third-order valence-corrected chi connectivity index (χ3v) is 6.40. The Morgan fingerprint density at radius 3 is 2.48 bits per heavy atom. The van der Waals surface area contributed by atoms with Crippen molar-refractivity contribution in [2.45, 2.75) is 12.3 Å². The molecule has 1 atom stereocenters. The van der Waals surface area contributed by atoms with E-state index in [2.05, 4.69) is 5.32 Å². The molecular weight excluding hydrogens is 405 g/mol. The fourth-order valence-electron chi connectivity index (χ4n) is 3.34. The highest BCUT2D eigenvalue weighted by Crippen LogP contribution is 2.50. The van der Waals surface area contributed by atoms with Crippen molar-refractivity contribution in [2.75, 3.05) is 5.32 Å². The number of carbonyl (C=O) groups is 2. The summed E-state index contributed by atoms with van der Waals surface area (Å²) in [7, 11) is 0. The molecule has 136 valence electrons. The van der Waals surface area contributed by atoms with E-state index in [0.29, 0.717) is 26.9 Å². The second-order valence-electron chi connectivity index (χ2n) is 6.18. The number of benzene rings is 2. The van der Waals surface area contributed by atoms with Gasteiger partial charge in [0.25, 0.3) is 0 Å². The van der Waals surface area contributed by atoms with Crippen LogP contribution in [0, 0.1) is 0 Å². The zero-order valence-corrected chi connectivity index (χ0v) is 16.2. The van der Waals surface area contributed by atoms with Crippen LogP contribution in [0.15, 0.2) is 48.5 Å². The number of aromatic carboxylic acids is 1. The molecule has 2 heterocycles. The molecule has 4 rings (SSSR count). The van der Waals surface area contributed by atoms with Gasteiger partial charge in [0, 0.05) is 32.8 Å². The fourth-order valence-corrected chi connectivity index (χ4v) is 4.97. The molecule has 0 bridgehead atoms. The Morgan fingerprint density at radius 1 is 1.11 bits per heavy atom. The maximum atomic E-state index is 12.4. The van der Waals surface area contributed by atoms with Crippen molar-refractivity contribution in [3.05, 3.63) is 73.9 Å². The van der Waals surface area contributed by atoms with Gasteiger partial charge in [-0.2, -0.15) is 0 Å². The second-order valence-corrected chi connectivity index (χ2v) is 8.08. The zero-order chi connectivity index (χ0) is 19.1. The molecule has 0 spiro atoms. The summed E-state index contributed by atoms with van der Waals surface area (Å²) >= 11 is 13.5. The van der Waals surface area contributed by atoms with E-state index in [-0.39, 0.29) is 23.1 Å². The average Bonchev–Trinajstić information content (AvgIpc) is 3.02. The lowest BCUT2D eigenvalue weighted by molar-refractivity contribution is -0.116. The molecule has 0 saturated heterocycles. The van der Waals surface area contributed by atoms with Crippen LogP contribution in [0.25, 0.3) is 11.1 Å². The number of carboxylic acids is 1. The first-order valence-corrected chi connectivity index (χ1v) is 9.73. The van der Waals surface area contributed by atoms with Gasteiger partial charge in [-0.25, -0.2) is 4.79 Å². The highest BCUT2D eigenvalue weighted by atomic mass is 35.5. The van der Waals surface area contributed by atoms with Crippen LogP contribution in [0.1, 0.15) is 32.5 Å². The summed E-state index contributed by atoms with van der Waals surface area (Å²) in [5.74, 6) is -1.49. The lowest BCUT2D eigenvalue weighted by atomic mass is 9.88. The Morgan fingerprint density at radius 2 is 1.81 bits per heavy atom. The van der Waals surface area contributed by atoms with E-state index in [9.17, 15) is 14.7 Å². The maximum absolute atomic E-state index is 12.4. The van der Waals surface area contributed by atoms with Gasteiger partial charge in [-0.1, -0.05) is 53.5 Å². The molecule has 1 unspecified atom stereocenters. The molecule has 0 radical (unpaired) electrons. The van der Waals surface area contributed by atoms with Crippen molar-refractivity contribution in [3.8, 4) is 11.1 Å². The molecule has 2 aromatic carbocycles. The summed E-state index contributed by atoms with van der Waals surface area (Å²) in [5, 5.41) is 13.7. The third kappa shape index (κ3) is 3.23. The number of hydrogen-bond donors (Lipinski definition) is 2. The van der Waals surface area contributed by atoms with Crippen LogP contribution in [-0.4, -0.2) is 17.0 Å². The SMILES string of the molecule is O=C1CC(c2ccccc2Cl)c2sc(C(=O)O)c(-c3ccc(Cl)cc3)c2N1. The van der Waals surface area contributed by atoms with Gasteiger partial charge in [0.1, 0.15) is 4.88 Å². The summed E-state index contributed by atoms with van der Waals surface area (Å²) in [6.07, 6.45) is 0.219. The number of carbonyl (C=O) groups excluding carboxylic acids is 1. The van der Waals surface area contributed by atoms with Crippen molar-refractivity contribution in [1.82, 2.24) is 0 Å². The number of thiophene rings is 1. The van der Waals surface area contributed by atoms with E-state index in [1.807, 2.05) is 18.2 Å². The van der Waals surface area contributed by atoms with E-state index in [1.54, 1.807) is 30.3 Å². The quantitative estimate of drug-likeness (QED) is 0.557. The molecule has 0 fully saturated rings. The molecule has 1 amide bonds. The topological polar surface area (TPSA) is 66.4 Å². The first-order valence-electron chi connectivity index (χ1n) is 8.16. The van der Waals surface area contributed by atoms with Gasteiger partial charge in [-0.05, 0) is 29.3 Å². The number of hydrogen-bond acceptors (Lipinski definition) is 3. The molecule has 3 aromatic rings. The van der Waals surface area contributed by atoms with Crippen LogP contribution in [0.4, 0.5) is 5.69 Å². The number of halogens is 2. The normalized spacial score (nSPS) is 15.9. The molecule has 2 N–H and O–H groups in total. The Bertz CT molecular complexity index is 1060. The third-order valence-electron chi connectivity index (χ3n) is 4.51. The van der Waals surface area contributed by atoms with Gasteiger partial charge in [0.05, 0.1) is 5.69 Å². The molecule has 0 aliphatic carbocycles. The van der Waals surface area contributed by atoms with Gasteiger partial charge in [-0.3, -0.25) is 4.79 Å². The van der Waals surface area contributed by atoms with E-state index in [1.165, 1.54) is 11.3 Å². The smallest absolute Gasteiger partial charge is 0.346 e. The van der Waals surface area contributed by atoms with Crippen molar-refractivity contribution >= 4 is 52.1 Å². The van der Waals surface area contributed by atoms with Crippen LogP contribution >= 0.6 is 34.5 Å². The molecular formula is C20H13Cl2NO3S. The largest absolute Gasteiger partial charge is 0.477 e. The lowest BCUT2D eigenvalue weighted by Crippen LogP contribution is -2.22. The first kappa shape index (κ1) is 18.0. The molecule has 1 aliphatic heterocycles. The van der Waals surface area contributed by atoms with E-state index in [4.69, 9.17) is 23.2 Å². The number of amides is 1. The Balaban J connectivity index is 1.95. The fraction of sp³-hybridized carbons (Fsp3) is 0.100. The van der Waals surface area contributed by atoms with Crippen molar-refractivity contribution in [1.29, 1.82) is 0 Å². The minimum absolute atomic E-state index is 0.169. The number of carboxylic acid groups (broad SMARTS) is 1. The van der Waals surface area contributed by atoms with Gasteiger partial charge in [-0.15, -0.1) is 11.3 Å². The number of anilines is 1. The summed E-state index contributed by atoms with van der Waals surface area (Å²) in [4.78, 5) is 25.3. The number of fused-ring (bicyclic) bond motifs is 1. The van der Waals surface area contributed by atoms with Crippen LogP contribution < -0.4 is 5.32 Å². The predicted octanol–water partition coefficient (Wildman–Crippen LogP) is 5.89. The summed E-state index contributed by atoms with van der Waals surface area (Å²) in [5.41, 5.74) is 2.55. The summed E-state index contributed by atoms with van der Waals surface area (Å²) in [6, 6.07) is 14.2. The van der Waals surface area contributed by atoms with Gasteiger partial charge in [0.2, 0.25) is 5.91 Å². The van der Waals surface area contributed by atoms with Crippen LogP contribution in [0.3, 0.4) is 0 Å². The van der Waals surface area contributed by atoms with Crippen LogP contribution in [0.5, 0.6) is 0 Å². The van der Waals surface area contributed by atoms with Crippen molar-refractivity contribution in [3.63, 3.8) is 0 Å². The number of nitrogens with one attached hydrogen (secondary N) is 1. The molecule has 27 heavy (non-hydrogen) atoms. The lowest BCUT2D eigenvalue weighted by Gasteiger charge is -2.24. The van der Waals surface area contributed by atoms with Crippen molar-refractivity contribution in [2.24, 2.45) is 0 Å². The number of rotatable bonds is 3. The van der Waals surface area contributed by atoms with Gasteiger partial charge < -0.3 is 10.4 Å². The predicted molar refractivity (Wildman–Crippen MR) is 108 cm³/mol. The highest BCUT2D eigenvalue weighted by molar-refractivity contribution is 7.15. The first-order chi connectivity index (χ1) is 13.0.